The van der Waals surface area contributed by atoms with E-state index >= 15 is 0 Å². The van der Waals surface area contributed by atoms with Crippen molar-refractivity contribution < 1.29 is 18.4 Å². The molecule has 0 aliphatic rings. The van der Waals surface area contributed by atoms with Crippen molar-refractivity contribution in [1.29, 1.82) is 0 Å². The fraction of sp³-hybridized carbons (Fsp3) is 0.176. The van der Waals surface area contributed by atoms with Gasteiger partial charge in [0.25, 0.3) is 0 Å². The SMILES string of the molecule is CN(CC(=O)Nc1ccccc1)CC(=O)Nc1ccc(F)cc1F. The number of nitrogens with one attached hydrogen (secondary N) is 2. The van der Waals surface area contributed by atoms with Crippen molar-refractivity contribution in [2.45, 2.75) is 0 Å². The average molecular weight is 333 g/mol. The summed E-state index contributed by atoms with van der Waals surface area (Å²) in [4.78, 5) is 25.2. The molecular formula is C17H17F2N3O2. The monoisotopic (exact) mass is 333 g/mol. The number of nitrogens with zero attached hydrogens (tertiary/aromatic N) is 1. The molecule has 2 aromatic rings. The highest BCUT2D eigenvalue weighted by Crippen LogP contribution is 2.14. The van der Waals surface area contributed by atoms with Crippen molar-refractivity contribution in [2.24, 2.45) is 0 Å². The zero-order chi connectivity index (χ0) is 17.5. The van der Waals surface area contributed by atoms with Gasteiger partial charge in [0.1, 0.15) is 11.6 Å². The molecule has 0 fully saturated rings. The maximum atomic E-state index is 13.5. The zero-order valence-electron chi connectivity index (χ0n) is 13.1. The lowest BCUT2D eigenvalue weighted by Crippen LogP contribution is -2.36. The molecule has 0 radical (unpaired) electrons. The first-order valence-electron chi connectivity index (χ1n) is 7.22. The molecule has 0 aliphatic carbocycles. The quantitative estimate of drug-likeness (QED) is 0.854. The summed E-state index contributed by atoms with van der Waals surface area (Å²) in [6.45, 7) is -0.118. The van der Waals surface area contributed by atoms with Gasteiger partial charge in [0.05, 0.1) is 18.8 Å². The van der Waals surface area contributed by atoms with Crippen LogP contribution in [0.1, 0.15) is 0 Å². The van der Waals surface area contributed by atoms with E-state index in [0.717, 1.165) is 12.1 Å². The molecule has 0 saturated carbocycles. The Kier molecular flexibility index (Phi) is 5.97. The van der Waals surface area contributed by atoms with Gasteiger partial charge in [-0.15, -0.1) is 0 Å². The van der Waals surface area contributed by atoms with Gasteiger partial charge in [-0.3, -0.25) is 14.5 Å². The first kappa shape index (κ1) is 17.6. The van der Waals surface area contributed by atoms with Gasteiger partial charge < -0.3 is 10.6 Å². The summed E-state index contributed by atoms with van der Waals surface area (Å²) < 4.78 is 26.3. The van der Waals surface area contributed by atoms with Crippen LogP contribution in [-0.4, -0.2) is 36.9 Å². The fourth-order valence-electron chi connectivity index (χ4n) is 2.05. The van der Waals surface area contributed by atoms with Crippen LogP contribution in [-0.2, 0) is 9.59 Å². The Hall–Kier alpha value is -2.80. The van der Waals surface area contributed by atoms with Crippen LogP contribution in [0.5, 0.6) is 0 Å². The lowest BCUT2D eigenvalue weighted by molar-refractivity contribution is -0.119. The number of likely N-dealkylation sites (N-methyl/N-ethyl adjacent to an activating group) is 1. The number of carbonyl (C=O) groups excluding carboxylic acids is 2. The van der Waals surface area contributed by atoms with E-state index in [1.165, 1.54) is 4.90 Å². The number of rotatable bonds is 6. The first-order chi connectivity index (χ1) is 11.4. The maximum absolute atomic E-state index is 13.5. The van der Waals surface area contributed by atoms with Crippen molar-refractivity contribution >= 4 is 23.2 Å². The van der Waals surface area contributed by atoms with E-state index in [0.29, 0.717) is 11.8 Å². The minimum absolute atomic E-state index is 0.00574. The largest absolute Gasteiger partial charge is 0.325 e. The highest BCUT2D eigenvalue weighted by Gasteiger charge is 2.13. The number of benzene rings is 2. The molecule has 0 spiro atoms. The zero-order valence-corrected chi connectivity index (χ0v) is 13.1. The lowest BCUT2D eigenvalue weighted by Gasteiger charge is -2.16. The van der Waals surface area contributed by atoms with Gasteiger partial charge in [-0.25, -0.2) is 8.78 Å². The van der Waals surface area contributed by atoms with Crippen LogP contribution in [0, 0.1) is 11.6 Å². The second-order valence-electron chi connectivity index (χ2n) is 5.26. The first-order valence-corrected chi connectivity index (χ1v) is 7.22. The van der Waals surface area contributed by atoms with E-state index in [-0.39, 0.29) is 24.7 Å². The van der Waals surface area contributed by atoms with Crippen LogP contribution < -0.4 is 10.6 Å². The summed E-state index contributed by atoms with van der Waals surface area (Å²) in [7, 11) is 1.59. The summed E-state index contributed by atoms with van der Waals surface area (Å²) in [5.41, 5.74) is 0.553. The average Bonchev–Trinajstić information content (AvgIpc) is 2.50. The number of hydrogen-bond donors (Lipinski definition) is 2. The van der Waals surface area contributed by atoms with Crippen LogP contribution in [0.2, 0.25) is 0 Å². The molecule has 0 saturated heterocycles. The Balaban J connectivity index is 1.81. The Labute approximate surface area is 138 Å². The lowest BCUT2D eigenvalue weighted by atomic mass is 10.3. The highest BCUT2D eigenvalue weighted by atomic mass is 19.1. The van der Waals surface area contributed by atoms with Crippen LogP contribution in [0.4, 0.5) is 20.2 Å². The fourth-order valence-corrected chi connectivity index (χ4v) is 2.05. The molecule has 7 heteroatoms. The minimum atomic E-state index is -0.854. The normalized spacial score (nSPS) is 10.5. The summed E-state index contributed by atoms with van der Waals surface area (Å²) in [5, 5.41) is 5.03. The number of para-hydroxylation sites is 1. The van der Waals surface area contributed by atoms with Crippen LogP contribution in [0.15, 0.2) is 48.5 Å². The molecule has 0 aliphatic heterocycles. The number of amides is 2. The Morgan fingerprint density at radius 3 is 2.21 bits per heavy atom. The van der Waals surface area contributed by atoms with Crippen LogP contribution in [0.3, 0.4) is 0 Å². The topological polar surface area (TPSA) is 61.4 Å². The Bertz CT molecular complexity index is 723. The van der Waals surface area contributed by atoms with Crippen LogP contribution in [0.25, 0.3) is 0 Å². The molecule has 5 nitrogen and oxygen atoms in total. The van der Waals surface area contributed by atoms with E-state index in [1.54, 1.807) is 31.3 Å². The van der Waals surface area contributed by atoms with E-state index in [2.05, 4.69) is 10.6 Å². The summed E-state index contributed by atoms with van der Waals surface area (Å²) >= 11 is 0. The molecule has 2 amide bonds. The van der Waals surface area contributed by atoms with Gasteiger partial charge in [0, 0.05) is 11.8 Å². The predicted molar refractivity (Wildman–Crippen MR) is 87.6 cm³/mol. The number of anilines is 2. The van der Waals surface area contributed by atoms with Crippen molar-refractivity contribution in [3.8, 4) is 0 Å². The smallest absolute Gasteiger partial charge is 0.238 e. The number of halogens is 2. The molecule has 24 heavy (non-hydrogen) atoms. The highest BCUT2D eigenvalue weighted by molar-refractivity contribution is 5.94. The third-order valence-electron chi connectivity index (χ3n) is 3.09. The van der Waals surface area contributed by atoms with Gasteiger partial charge in [0.2, 0.25) is 11.8 Å². The molecule has 0 unspecified atom stereocenters. The van der Waals surface area contributed by atoms with E-state index in [4.69, 9.17) is 0 Å². The van der Waals surface area contributed by atoms with Crippen molar-refractivity contribution in [3.63, 3.8) is 0 Å². The third kappa shape index (κ3) is 5.44. The van der Waals surface area contributed by atoms with Crippen LogP contribution >= 0.6 is 0 Å². The Morgan fingerprint density at radius 1 is 0.958 bits per heavy atom. The van der Waals surface area contributed by atoms with E-state index in [9.17, 15) is 18.4 Å². The molecule has 126 valence electrons. The van der Waals surface area contributed by atoms with E-state index in [1.807, 2.05) is 6.07 Å². The maximum Gasteiger partial charge on any atom is 0.238 e. The van der Waals surface area contributed by atoms with Crippen molar-refractivity contribution in [1.82, 2.24) is 4.90 Å². The number of hydrogen-bond acceptors (Lipinski definition) is 3. The van der Waals surface area contributed by atoms with Crippen molar-refractivity contribution in [2.75, 3.05) is 30.8 Å². The summed E-state index contributed by atoms with van der Waals surface area (Å²) in [5.74, 6) is -2.35. The second-order valence-corrected chi connectivity index (χ2v) is 5.26. The molecule has 2 rings (SSSR count). The molecule has 0 aromatic heterocycles. The summed E-state index contributed by atoms with van der Waals surface area (Å²) in [6, 6.07) is 11.8. The molecule has 2 N–H and O–H groups in total. The third-order valence-corrected chi connectivity index (χ3v) is 3.09. The Morgan fingerprint density at radius 2 is 1.58 bits per heavy atom. The second kappa shape index (κ2) is 8.16. The predicted octanol–water partition coefficient (Wildman–Crippen LogP) is 2.47. The molecule has 2 aromatic carbocycles. The number of carbonyl (C=O) groups is 2. The molecule has 0 heterocycles. The van der Waals surface area contributed by atoms with Gasteiger partial charge in [-0.2, -0.15) is 0 Å². The molecule has 0 atom stereocenters. The van der Waals surface area contributed by atoms with Crippen molar-refractivity contribution in [3.05, 3.63) is 60.2 Å². The standard InChI is InChI=1S/C17H17F2N3O2/c1-22(10-16(23)20-13-5-3-2-4-6-13)11-17(24)21-15-8-7-12(18)9-14(15)19/h2-9H,10-11H2,1H3,(H,20,23)(H,21,24). The van der Waals surface area contributed by atoms with E-state index < -0.39 is 17.5 Å². The summed E-state index contributed by atoms with van der Waals surface area (Å²) in [6.07, 6.45) is 0. The molecular weight excluding hydrogens is 316 g/mol. The van der Waals surface area contributed by atoms with Gasteiger partial charge in [0.15, 0.2) is 0 Å². The van der Waals surface area contributed by atoms with Gasteiger partial charge >= 0.3 is 0 Å². The minimum Gasteiger partial charge on any atom is -0.325 e. The van der Waals surface area contributed by atoms with Gasteiger partial charge in [-0.1, -0.05) is 18.2 Å². The molecule has 0 bridgehead atoms. The van der Waals surface area contributed by atoms with Gasteiger partial charge in [-0.05, 0) is 31.3 Å².